The van der Waals surface area contributed by atoms with Crippen LogP contribution < -0.4 is 20.8 Å². The van der Waals surface area contributed by atoms with Crippen LogP contribution in [-0.2, 0) is 34.4 Å². The highest BCUT2D eigenvalue weighted by Crippen LogP contribution is 2.07. The van der Waals surface area contributed by atoms with E-state index in [9.17, 15) is 24.3 Å². The van der Waals surface area contributed by atoms with Gasteiger partial charge in [0.25, 0.3) is 17.4 Å². The number of benzene rings is 1. The van der Waals surface area contributed by atoms with Gasteiger partial charge in [-0.25, -0.2) is 9.36 Å². The van der Waals surface area contributed by atoms with Gasteiger partial charge in [-0.3, -0.25) is 23.9 Å². The van der Waals surface area contributed by atoms with E-state index in [4.69, 9.17) is 5.11 Å². The highest BCUT2D eigenvalue weighted by Gasteiger charge is 2.25. The standard InChI is InChI=1S/C22H26N6O6/c1-27-13-28(12-16(29)24-15(21(33)34)11-14-7-3-2-4-8-14)19-18(27)20(32)26-22(25-19)23-10-6-5-9-17(30)31/h2-4,7-8,13,15H,5-6,9-12H2,1H3,(H4-,23,24,25,26,29,30,31,32,33,34)/p+1/t15-/m1/s1. The Labute approximate surface area is 194 Å². The third-order valence-electron chi connectivity index (χ3n) is 5.15. The SMILES string of the molecule is Cn1c[n+](CC(=O)N[C@H](Cc2ccccc2)C(=O)O)c2nc(NCCCCC(=O)O)[nH]c(=O)c21. The maximum atomic E-state index is 12.7. The van der Waals surface area contributed by atoms with Crippen molar-refractivity contribution < 1.29 is 29.2 Å². The van der Waals surface area contributed by atoms with Gasteiger partial charge in [-0.1, -0.05) is 35.3 Å². The van der Waals surface area contributed by atoms with E-state index in [-0.39, 0.29) is 36.5 Å². The number of amides is 1. The molecule has 0 saturated carbocycles. The Morgan fingerprint density at radius 2 is 1.91 bits per heavy atom. The molecule has 0 radical (unpaired) electrons. The zero-order chi connectivity index (χ0) is 24.7. The number of anilines is 1. The summed E-state index contributed by atoms with van der Waals surface area (Å²) in [4.78, 5) is 54.5. The molecule has 0 saturated heterocycles. The number of rotatable bonds is 12. The first-order chi connectivity index (χ1) is 16.2. The summed E-state index contributed by atoms with van der Waals surface area (Å²) in [5.74, 6) is -2.36. The largest absolute Gasteiger partial charge is 0.481 e. The Balaban J connectivity index is 1.72. The van der Waals surface area contributed by atoms with Gasteiger partial charge >= 0.3 is 17.6 Å². The van der Waals surface area contributed by atoms with Crippen LogP contribution in [0.25, 0.3) is 11.2 Å². The molecule has 2 heterocycles. The fourth-order valence-electron chi connectivity index (χ4n) is 3.55. The van der Waals surface area contributed by atoms with Gasteiger partial charge in [-0.15, -0.1) is 0 Å². The van der Waals surface area contributed by atoms with Gasteiger partial charge in [0, 0.05) is 19.4 Å². The fourth-order valence-corrected chi connectivity index (χ4v) is 3.55. The maximum absolute atomic E-state index is 12.7. The molecule has 0 aliphatic carbocycles. The van der Waals surface area contributed by atoms with Crippen LogP contribution >= 0.6 is 0 Å². The molecule has 2 aromatic heterocycles. The van der Waals surface area contributed by atoms with E-state index in [1.807, 2.05) is 6.07 Å². The van der Waals surface area contributed by atoms with Crippen molar-refractivity contribution in [3.63, 3.8) is 0 Å². The Morgan fingerprint density at radius 3 is 2.59 bits per heavy atom. The quantitative estimate of drug-likeness (QED) is 0.182. The number of aryl methyl sites for hydroxylation is 1. The van der Waals surface area contributed by atoms with Crippen molar-refractivity contribution in [3.8, 4) is 0 Å². The Hall–Kier alpha value is -4.22. The van der Waals surface area contributed by atoms with Crippen molar-refractivity contribution in [3.05, 3.63) is 52.6 Å². The molecule has 0 spiro atoms. The zero-order valence-electron chi connectivity index (χ0n) is 18.7. The van der Waals surface area contributed by atoms with E-state index in [2.05, 4.69) is 20.6 Å². The topological polar surface area (TPSA) is 170 Å². The van der Waals surface area contributed by atoms with Crippen molar-refractivity contribution in [1.29, 1.82) is 0 Å². The number of carboxylic acids is 2. The van der Waals surface area contributed by atoms with E-state index < -0.39 is 29.4 Å². The number of unbranched alkanes of at least 4 members (excludes halogenated alkanes) is 1. The molecule has 0 aliphatic rings. The maximum Gasteiger partial charge on any atom is 0.326 e. The predicted octanol–water partition coefficient (Wildman–Crippen LogP) is 0.0280. The number of H-pyrrole nitrogens is 1. The lowest BCUT2D eigenvalue weighted by atomic mass is 10.1. The van der Waals surface area contributed by atoms with Crippen molar-refractivity contribution in [2.75, 3.05) is 11.9 Å². The lowest BCUT2D eigenvalue weighted by Crippen LogP contribution is -2.49. The summed E-state index contributed by atoms with van der Waals surface area (Å²) < 4.78 is 3.00. The van der Waals surface area contributed by atoms with E-state index >= 15 is 0 Å². The van der Waals surface area contributed by atoms with Gasteiger partial charge in [0.15, 0.2) is 12.9 Å². The molecule has 0 bridgehead atoms. The van der Waals surface area contributed by atoms with Crippen LogP contribution in [0.1, 0.15) is 24.8 Å². The molecule has 34 heavy (non-hydrogen) atoms. The Kier molecular flexibility index (Phi) is 7.96. The summed E-state index contributed by atoms with van der Waals surface area (Å²) in [5.41, 5.74) is 0.875. The number of imidazole rings is 1. The molecule has 0 aliphatic heterocycles. The monoisotopic (exact) mass is 471 g/mol. The first-order valence-electron chi connectivity index (χ1n) is 10.7. The van der Waals surface area contributed by atoms with Gasteiger partial charge in [-0.2, -0.15) is 0 Å². The molecule has 1 amide bonds. The number of nitrogens with one attached hydrogen (secondary N) is 3. The number of hydrogen-bond acceptors (Lipinski definition) is 6. The van der Waals surface area contributed by atoms with Gasteiger partial charge < -0.3 is 20.8 Å². The molecule has 12 heteroatoms. The number of aromatic nitrogens is 4. The minimum Gasteiger partial charge on any atom is -0.481 e. The van der Waals surface area contributed by atoms with Crippen molar-refractivity contribution >= 4 is 35.0 Å². The Bertz CT molecular complexity index is 1240. The molecular formula is C22H27N6O6+. The molecule has 180 valence electrons. The molecule has 0 unspecified atom stereocenters. The first-order valence-corrected chi connectivity index (χ1v) is 10.7. The number of carbonyl (C=O) groups is 3. The second-order valence-electron chi connectivity index (χ2n) is 7.87. The first kappa shape index (κ1) is 24.4. The summed E-state index contributed by atoms with van der Waals surface area (Å²) >= 11 is 0. The molecule has 3 rings (SSSR count). The normalized spacial score (nSPS) is 11.8. The number of aliphatic carboxylic acids is 2. The van der Waals surface area contributed by atoms with Crippen LogP contribution in [0.15, 0.2) is 41.5 Å². The van der Waals surface area contributed by atoms with Crippen LogP contribution in [-0.4, -0.2) is 55.2 Å². The second kappa shape index (κ2) is 11.1. The lowest BCUT2D eigenvalue weighted by molar-refractivity contribution is -0.661. The molecule has 3 aromatic rings. The number of fused-ring (bicyclic) bond motifs is 1. The van der Waals surface area contributed by atoms with Crippen LogP contribution in [0.5, 0.6) is 0 Å². The van der Waals surface area contributed by atoms with E-state index in [1.54, 1.807) is 31.3 Å². The number of nitrogens with zero attached hydrogens (tertiary/aromatic N) is 3. The number of hydrogen-bond donors (Lipinski definition) is 5. The van der Waals surface area contributed by atoms with Gasteiger partial charge in [-0.05, 0) is 18.4 Å². The lowest BCUT2D eigenvalue weighted by Gasteiger charge is -2.14. The minimum absolute atomic E-state index is 0.0556. The summed E-state index contributed by atoms with van der Waals surface area (Å²) in [5, 5.41) is 23.7. The van der Waals surface area contributed by atoms with Crippen molar-refractivity contribution in [2.45, 2.75) is 38.3 Å². The van der Waals surface area contributed by atoms with Gasteiger partial charge in [0.2, 0.25) is 5.52 Å². The summed E-state index contributed by atoms with van der Waals surface area (Å²) in [6.07, 6.45) is 2.78. The van der Waals surface area contributed by atoms with E-state index in [0.29, 0.717) is 19.4 Å². The van der Waals surface area contributed by atoms with Crippen LogP contribution in [0, 0.1) is 0 Å². The molecule has 0 fully saturated rings. The van der Waals surface area contributed by atoms with Crippen LogP contribution in [0.4, 0.5) is 5.95 Å². The van der Waals surface area contributed by atoms with Gasteiger partial charge in [0.1, 0.15) is 6.04 Å². The fraction of sp³-hybridized carbons (Fsp3) is 0.364. The molecule has 1 aromatic carbocycles. The average molecular weight is 471 g/mol. The number of aromatic amines is 1. The summed E-state index contributed by atoms with van der Waals surface area (Å²) in [6, 6.07) is 7.88. The van der Waals surface area contributed by atoms with Crippen molar-refractivity contribution in [2.24, 2.45) is 7.05 Å². The third-order valence-corrected chi connectivity index (χ3v) is 5.15. The van der Waals surface area contributed by atoms with Crippen LogP contribution in [0.3, 0.4) is 0 Å². The second-order valence-corrected chi connectivity index (χ2v) is 7.87. The highest BCUT2D eigenvalue weighted by atomic mass is 16.4. The highest BCUT2D eigenvalue weighted by molar-refractivity contribution is 5.83. The molecule has 5 N–H and O–H groups in total. The Morgan fingerprint density at radius 1 is 1.18 bits per heavy atom. The average Bonchev–Trinajstić information content (AvgIpc) is 3.08. The van der Waals surface area contributed by atoms with Crippen molar-refractivity contribution in [1.82, 2.24) is 19.9 Å². The predicted molar refractivity (Wildman–Crippen MR) is 121 cm³/mol. The number of carbonyl (C=O) groups excluding carboxylic acids is 1. The van der Waals surface area contributed by atoms with E-state index in [0.717, 1.165) is 5.56 Å². The molecule has 12 nitrogen and oxygen atoms in total. The third kappa shape index (κ3) is 6.40. The molecular weight excluding hydrogens is 444 g/mol. The summed E-state index contributed by atoms with van der Waals surface area (Å²) in [7, 11) is 1.64. The zero-order valence-corrected chi connectivity index (χ0v) is 18.7. The van der Waals surface area contributed by atoms with E-state index in [1.165, 1.54) is 15.5 Å². The van der Waals surface area contributed by atoms with Crippen LogP contribution in [0.2, 0.25) is 0 Å². The summed E-state index contributed by atoms with van der Waals surface area (Å²) in [6.45, 7) is 0.180. The number of carboxylic acid groups (broad SMARTS) is 2. The molecule has 1 atom stereocenters. The van der Waals surface area contributed by atoms with Gasteiger partial charge in [0.05, 0.1) is 7.05 Å². The minimum atomic E-state index is -1.15. The smallest absolute Gasteiger partial charge is 0.326 e.